The normalized spacial score (nSPS) is 10.8. The maximum atomic E-state index is 12.1. The lowest BCUT2D eigenvalue weighted by Crippen LogP contribution is -2.31. The molecule has 4 aromatic rings. The number of hydrogen-bond acceptors (Lipinski definition) is 7. The molecule has 3 heterocycles. The van der Waals surface area contributed by atoms with Gasteiger partial charge in [0.25, 0.3) is 5.91 Å². The number of para-hydroxylation sites is 1. The molecule has 3 aromatic heterocycles. The van der Waals surface area contributed by atoms with Gasteiger partial charge in [0.05, 0.1) is 24.7 Å². The lowest BCUT2D eigenvalue weighted by molar-refractivity contribution is -0.123. The molecule has 0 saturated heterocycles. The number of carbonyl (C=O) groups excluding carboxylic acids is 1. The van der Waals surface area contributed by atoms with E-state index in [1.54, 1.807) is 22.2 Å². The van der Waals surface area contributed by atoms with Crippen molar-refractivity contribution >= 4 is 34.1 Å². The first-order valence-electron chi connectivity index (χ1n) is 9.58. The van der Waals surface area contributed by atoms with E-state index in [2.05, 4.69) is 31.8 Å². The summed E-state index contributed by atoms with van der Waals surface area (Å²) < 4.78 is 7.33. The topological polar surface area (TPSA) is 94.0 Å². The molecule has 0 aliphatic heterocycles. The van der Waals surface area contributed by atoms with E-state index in [0.29, 0.717) is 25.4 Å². The van der Waals surface area contributed by atoms with E-state index < -0.39 is 0 Å². The monoisotopic (exact) mass is 422 g/mol. The largest absolute Gasteiger partial charge is 0.484 e. The Kier molecular flexibility index (Phi) is 6.19. The Morgan fingerprint density at radius 1 is 1.20 bits per heavy atom. The van der Waals surface area contributed by atoms with Crippen LogP contribution in [-0.4, -0.2) is 38.8 Å². The van der Waals surface area contributed by atoms with Crippen LogP contribution in [0.5, 0.6) is 5.75 Å². The summed E-state index contributed by atoms with van der Waals surface area (Å²) >= 11 is 1.69. The molecular weight excluding hydrogens is 400 g/mol. The highest BCUT2D eigenvalue weighted by Crippen LogP contribution is 2.20. The summed E-state index contributed by atoms with van der Waals surface area (Å²) in [5.41, 5.74) is 1.72. The lowest BCUT2D eigenvalue weighted by Gasteiger charge is -2.10. The number of ether oxygens (including phenoxy) is 1. The molecular formula is C21H22N6O2S. The molecule has 8 nitrogen and oxygen atoms in total. The second-order valence-electron chi connectivity index (χ2n) is 6.66. The fourth-order valence-electron chi connectivity index (χ4n) is 3.00. The highest BCUT2D eigenvalue weighted by molar-refractivity contribution is 7.09. The van der Waals surface area contributed by atoms with Gasteiger partial charge in [-0.15, -0.1) is 11.3 Å². The number of benzene rings is 1. The molecule has 0 bridgehead atoms. The zero-order chi connectivity index (χ0) is 20.8. The van der Waals surface area contributed by atoms with E-state index in [9.17, 15) is 4.79 Å². The van der Waals surface area contributed by atoms with Crippen LogP contribution < -0.4 is 15.4 Å². The number of fused-ring (bicyclic) bond motifs is 1. The molecule has 1 amide bonds. The molecule has 2 N–H and O–H groups in total. The molecule has 0 fully saturated rings. The minimum atomic E-state index is -0.178. The molecule has 0 radical (unpaired) electrons. The van der Waals surface area contributed by atoms with Crippen molar-refractivity contribution in [2.75, 3.05) is 18.5 Å². The molecule has 30 heavy (non-hydrogen) atoms. The Morgan fingerprint density at radius 2 is 2.10 bits per heavy atom. The van der Waals surface area contributed by atoms with Crippen LogP contribution >= 0.6 is 11.3 Å². The lowest BCUT2D eigenvalue weighted by atomic mass is 10.2. The van der Waals surface area contributed by atoms with Crippen LogP contribution in [0.15, 0.2) is 54.3 Å². The fourth-order valence-corrected chi connectivity index (χ4v) is 3.64. The third kappa shape index (κ3) is 4.74. The summed E-state index contributed by atoms with van der Waals surface area (Å²) in [6.07, 6.45) is 3.26. The predicted octanol–water partition coefficient (Wildman–Crippen LogP) is 3.00. The van der Waals surface area contributed by atoms with E-state index in [4.69, 9.17) is 4.74 Å². The summed E-state index contributed by atoms with van der Waals surface area (Å²) in [6.45, 7) is 3.55. The average molecular weight is 423 g/mol. The number of amides is 1. The van der Waals surface area contributed by atoms with Crippen molar-refractivity contribution in [3.05, 3.63) is 64.7 Å². The van der Waals surface area contributed by atoms with Crippen molar-refractivity contribution in [1.29, 1.82) is 0 Å². The zero-order valence-electron chi connectivity index (χ0n) is 16.5. The van der Waals surface area contributed by atoms with Gasteiger partial charge in [-0.05, 0) is 30.0 Å². The number of aromatic nitrogens is 4. The Labute approximate surface area is 177 Å². The minimum absolute atomic E-state index is 0.0241. The minimum Gasteiger partial charge on any atom is -0.484 e. The predicted molar refractivity (Wildman–Crippen MR) is 117 cm³/mol. The third-order valence-corrected chi connectivity index (χ3v) is 5.42. The Hall–Kier alpha value is -3.46. The number of nitrogens with zero attached hydrogens (tertiary/aromatic N) is 4. The number of thiophene rings is 1. The summed E-state index contributed by atoms with van der Waals surface area (Å²) in [5.74, 6) is 1.28. The number of aryl methyl sites for hydroxylation is 1. The molecule has 1 aromatic carbocycles. The van der Waals surface area contributed by atoms with Crippen molar-refractivity contribution in [3.63, 3.8) is 0 Å². The van der Waals surface area contributed by atoms with Crippen LogP contribution in [0.2, 0.25) is 0 Å². The molecule has 0 unspecified atom stereocenters. The van der Waals surface area contributed by atoms with Crippen LogP contribution in [-0.2, 0) is 17.9 Å². The van der Waals surface area contributed by atoms with E-state index in [1.165, 1.54) is 11.2 Å². The molecule has 9 heteroatoms. The average Bonchev–Trinajstić information content (AvgIpc) is 3.42. The molecule has 0 aliphatic carbocycles. The summed E-state index contributed by atoms with van der Waals surface area (Å²) in [7, 11) is 0. The highest BCUT2D eigenvalue weighted by Gasteiger charge is 2.10. The van der Waals surface area contributed by atoms with Gasteiger partial charge in [0, 0.05) is 11.4 Å². The van der Waals surface area contributed by atoms with Gasteiger partial charge in [0.15, 0.2) is 12.3 Å². The summed E-state index contributed by atoms with van der Waals surface area (Å²) in [6, 6.07) is 11.7. The molecule has 0 saturated carbocycles. The molecule has 154 valence electrons. The van der Waals surface area contributed by atoms with E-state index in [-0.39, 0.29) is 12.5 Å². The Bertz CT molecular complexity index is 1130. The summed E-state index contributed by atoms with van der Waals surface area (Å²) in [5, 5.41) is 13.5. The van der Waals surface area contributed by atoms with Crippen molar-refractivity contribution < 1.29 is 9.53 Å². The second-order valence-corrected chi connectivity index (χ2v) is 7.70. The number of carbonyl (C=O) groups is 1. The number of nitrogens with one attached hydrogen (secondary N) is 2. The second kappa shape index (κ2) is 9.36. The molecule has 0 aliphatic rings. The van der Waals surface area contributed by atoms with Gasteiger partial charge in [-0.1, -0.05) is 24.3 Å². The van der Waals surface area contributed by atoms with Crippen LogP contribution in [0.3, 0.4) is 0 Å². The van der Waals surface area contributed by atoms with Crippen molar-refractivity contribution in [2.24, 2.45) is 0 Å². The summed E-state index contributed by atoms with van der Waals surface area (Å²) in [4.78, 5) is 22.0. The van der Waals surface area contributed by atoms with Gasteiger partial charge >= 0.3 is 0 Å². The van der Waals surface area contributed by atoms with Crippen LogP contribution in [0.1, 0.15) is 10.4 Å². The smallest absolute Gasteiger partial charge is 0.258 e. The van der Waals surface area contributed by atoms with Crippen molar-refractivity contribution in [2.45, 2.75) is 20.0 Å². The first-order valence-corrected chi connectivity index (χ1v) is 10.5. The highest BCUT2D eigenvalue weighted by atomic mass is 32.1. The van der Waals surface area contributed by atoms with Crippen LogP contribution in [0, 0.1) is 6.92 Å². The van der Waals surface area contributed by atoms with Crippen LogP contribution in [0.4, 0.5) is 5.82 Å². The maximum Gasteiger partial charge on any atom is 0.258 e. The number of rotatable bonds is 9. The van der Waals surface area contributed by atoms with Gasteiger partial charge in [-0.25, -0.2) is 14.6 Å². The number of anilines is 1. The maximum absolute atomic E-state index is 12.1. The van der Waals surface area contributed by atoms with Gasteiger partial charge in [0.2, 0.25) is 0 Å². The van der Waals surface area contributed by atoms with Gasteiger partial charge < -0.3 is 15.4 Å². The molecule has 4 rings (SSSR count). The van der Waals surface area contributed by atoms with Crippen LogP contribution in [0.25, 0.3) is 11.0 Å². The van der Waals surface area contributed by atoms with Gasteiger partial charge in [-0.2, -0.15) is 5.10 Å². The van der Waals surface area contributed by atoms with Crippen molar-refractivity contribution in [3.8, 4) is 5.75 Å². The molecule has 0 spiro atoms. The van der Waals surface area contributed by atoms with Crippen molar-refractivity contribution in [1.82, 2.24) is 25.1 Å². The van der Waals surface area contributed by atoms with Gasteiger partial charge in [-0.3, -0.25) is 4.79 Å². The zero-order valence-corrected chi connectivity index (χ0v) is 17.4. The SMILES string of the molecule is Cc1ccccc1OCC(=O)NCCn1ncc2c(NCc3cccs3)ncnc21. The van der Waals surface area contributed by atoms with E-state index in [0.717, 1.165) is 22.4 Å². The first-order chi connectivity index (χ1) is 14.7. The quantitative estimate of drug-likeness (QED) is 0.431. The standard InChI is InChI=1S/C21H22N6O2S/c1-15-5-2-3-7-18(15)29-13-19(28)22-8-9-27-21-17(12-26-27)20(24-14-25-21)23-11-16-6-4-10-30-16/h2-7,10,12,14H,8-9,11,13H2,1H3,(H,22,28)(H,23,24,25). The third-order valence-electron chi connectivity index (χ3n) is 4.54. The number of hydrogen-bond donors (Lipinski definition) is 2. The Balaban J connectivity index is 1.30. The van der Waals surface area contributed by atoms with E-state index in [1.807, 2.05) is 42.6 Å². The van der Waals surface area contributed by atoms with E-state index >= 15 is 0 Å². The molecule has 0 atom stereocenters. The van der Waals surface area contributed by atoms with Gasteiger partial charge in [0.1, 0.15) is 17.9 Å². The Morgan fingerprint density at radius 3 is 2.93 bits per heavy atom. The first kappa shape index (κ1) is 19.8. The fraction of sp³-hybridized carbons (Fsp3) is 0.238.